The Morgan fingerprint density at radius 1 is 1.35 bits per heavy atom. The van der Waals surface area contributed by atoms with Gasteiger partial charge in [-0.3, -0.25) is 9.59 Å². The minimum Gasteiger partial charge on any atom is -0.481 e. The normalized spacial score (nSPS) is 10.2. The largest absolute Gasteiger partial charge is 0.481 e. The molecule has 1 aromatic carbocycles. The molecule has 0 unspecified atom stereocenters. The van der Waals surface area contributed by atoms with E-state index in [0.717, 1.165) is 9.26 Å². The number of anilines is 1. The van der Waals surface area contributed by atoms with E-state index in [0.29, 0.717) is 5.69 Å². The van der Waals surface area contributed by atoms with Gasteiger partial charge in [0.1, 0.15) is 6.54 Å². The van der Waals surface area contributed by atoms with Crippen molar-refractivity contribution in [2.45, 2.75) is 13.0 Å². The maximum atomic E-state index is 11.8. The second-order valence-electron chi connectivity index (χ2n) is 4.01. The van der Waals surface area contributed by atoms with Gasteiger partial charge in [-0.15, -0.1) is 5.10 Å². The third-order valence-corrected chi connectivity index (χ3v) is 3.31. The van der Waals surface area contributed by atoms with E-state index in [9.17, 15) is 9.59 Å². The van der Waals surface area contributed by atoms with Gasteiger partial charge in [0.15, 0.2) is 0 Å². The van der Waals surface area contributed by atoms with Gasteiger partial charge in [-0.25, -0.2) is 4.68 Å². The van der Waals surface area contributed by atoms with E-state index < -0.39 is 5.97 Å². The molecule has 0 aliphatic carbocycles. The molecule has 0 saturated heterocycles. The molecule has 1 amide bonds. The molecule has 2 aromatic rings. The quantitative estimate of drug-likeness (QED) is 0.752. The van der Waals surface area contributed by atoms with Gasteiger partial charge in [0.05, 0.1) is 17.8 Å². The van der Waals surface area contributed by atoms with Crippen LogP contribution in [0.15, 0.2) is 30.5 Å². The molecule has 0 atom stereocenters. The lowest BCUT2D eigenvalue weighted by Gasteiger charge is -2.06. The number of aliphatic carboxylic acids is 1. The highest BCUT2D eigenvalue weighted by molar-refractivity contribution is 14.1. The number of hydrogen-bond acceptors (Lipinski definition) is 4. The molecule has 0 radical (unpaired) electrons. The topological polar surface area (TPSA) is 97.1 Å². The number of carboxylic acids is 1. The first-order valence-corrected chi connectivity index (χ1v) is 6.77. The van der Waals surface area contributed by atoms with E-state index in [4.69, 9.17) is 5.11 Å². The number of hydrogen-bond donors (Lipinski definition) is 2. The summed E-state index contributed by atoms with van der Waals surface area (Å²) in [7, 11) is 0. The predicted molar refractivity (Wildman–Crippen MR) is 79.2 cm³/mol. The number of nitrogens with zero attached hydrogens (tertiary/aromatic N) is 3. The molecule has 2 rings (SSSR count). The van der Waals surface area contributed by atoms with Crippen LogP contribution in [0.3, 0.4) is 0 Å². The van der Waals surface area contributed by atoms with Crippen molar-refractivity contribution in [2.75, 3.05) is 5.32 Å². The summed E-state index contributed by atoms with van der Waals surface area (Å²) in [6.45, 7) is -0.0163. The van der Waals surface area contributed by atoms with Gasteiger partial charge < -0.3 is 10.4 Å². The average molecular weight is 386 g/mol. The summed E-state index contributed by atoms with van der Waals surface area (Å²) >= 11 is 2.13. The van der Waals surface area contributed by atoms with Gasteiger partial charge in [-0.05, 0) is 34.7 Å². The van der Waals surface area contributed by atoms with Crippen molar-refractivity contribution in [1.29, 1.82) is 0 Å². The molecule has 1 aromatic heterocycles. The SMILES string of the molecule is O=C(O)Cc1cn(CC(=O)Nc2ccccc2I)nn1. The van der Waals surface area contributed by atoms with Gasteiger partial charge in [0, 0.05) is 9.77 Å². The highest BCUT2D eigenvalue weighted by Crippen LogP contribution is 2.16. The molecule has 0 saturated carbocycles. The van der Waals surface area contributed by atoms with Crippen LogP contribution in [0.4, 0.5) is 5.69 Å². The summed E-state index contributed by atoms with van der Waals surface area (Å²) in [5.74, 6) is -1.23. The van der Waals surface area contributed by atoms with Gasteiger partial charge in [-0.2, -0.15) is 0 Å². The van der Waals surface area contributed by atoms with Crippen molar-refractivity contribution in [3.05, 3.63) is 39.7 Å². The van der Waals surface area contributed by atoms with E-state index in [1.54, 1.807) is 6.07 Å². The number of benzene rings is 1. The average Bonchev–Trinajstić information content (AvgIpc) is 2.78. The molecule has 0 aliphatic rings. The van der Waals surface area contributed by atoms with Gasteiger partial charge in [0.2, 0.25) is 5.91 Å². The van der Waals surface area contributed by atoms with Crippen LogP contribution in [-0.4, -0.2) is 32.0 Å². The Morgan fingerprint density at radius 3 is 2.80 bits per heavy atom. The summed E-state index contributed by atoms with van der Waals surface area (Å²) in [5, 5.41) is 18.8. The van der Waals surface area contributed by atoms with E-state index in [1.807, 2.05) is 18.2 Å². The first kappa shape index (κ1) is 14.4. The van der Waals surface area contributed by atoms with Gasteiger partial charge in [0.25, 0.3) is 0 Å². The predicted octanol–water partition coefficient (Wildman–Crippen LogP) is 1.15. The van der Waals surface area contributed by atoms with Crippen LogP contribution in [0.5, 0.6) is 0 Å². The third-order valence-electron chi connectivity index (χ3n) is 2.37. The fourth-order valence-corrected chi connectivity index (χ4v) is 2.07. The number of aromatic nitrogens is 3. The Hall–Kier alpha value is -1.97. The van der Waals surface area contributed by atoms with Crippen molar-refractivity contribution in [3.63, 3.8) is 0 Å². The summed E-state index contributed by atoms with van der Waals surface area (Å²) in [6.07, 6.45) is 1.24. The fourth-order valence-electron chi connectivity index (χ4n) is 1.55. The number of para-hydroxylation sites is 1. The first-order chi connectivity index (χ1) is 9.54. The van der Waals surface area contributed by atoms with Crippen LogP contribution >= 0.6 is 22.6 Å². The van der Waals surface area contributed by atoms with Crippen molar-refractivity contribution < 1.29 is 14.7 Å². The molecule has 0 aliphatic heterocycles. The zero-order valence-corrected chi connectivity index (χ0v) is 12.4. The van der Waals surface area contributed by atoms with E-state index in [1.165, 1.54) is 10.9 Å². The third kappa shape index (κ3) is 4.02. The number of amides is 1. The van der Waals surface area contributed by atoms with Crippen LogP contribution < -0.4 is 5.32 Å². The number of nitrogens with one attached hydrogen (secondary N) is 1. The molecule has 0 spiro atoms. The Bertz CT molecular complexity index is 641. The molecular weight excluding hydrogens is 375 g/mol. The summed E-state index contributed by atoms with van der Waals surface area (Å²) in [6, 6.07) is 7.40. The lowest BCUT2D eigenvalue weighted by molar-refractivity contribution is -0.136. The molecule has 2 N–H and O–H groups in total. The fraction of sp³-hybridized carbons (Fsp3) is 0.167. The van der Waals surface area contributed by atoms with Crippen LogP contribution in [0.25, 0.3) is 0 Å². The second-order valence-corrected chi connectivity index (χ2v) is 5.17. The molecule has 1 heterocycles. The zero-order chi connectivity index (χ0) is 14.5. The van der Waals surface area contributed by atoms with Crippen molar-refractivity contribution >= 4 is 40.2 Å². The van der Waals surface area contributed by atoms with Crippen LogP contribution in [0, 0.1) is 3.57 Å². The number of carbonyl (C=O) groups is 2. The minimum atomic E-state index is -0.986. The number of carbonyl (C=O) groups excluding carboxylic acids is 1. The second kappa shape index (κ2) is 6.46. The van der Waals surface area contributed by atoms with Crippen molar-refractivity contribution in [1.82, 2.24) is 15.0 Å². The molecular formula is C12H11IN4O3. The first-order valence-electron chi connectivity index (χ1n) is 5.70. The zero-order valence-electron chi connectivity index (χ0n) is 10.3. The Kier molecular flexibility index (Phi) is 4.66. The van der Waals surface area contributed by atoms with Crippen molar-refractivity contribution in [2.24, 2.45) is 0 Å². The molecule has 7 nitrogen and oxygen atoms in total. The minimum absolute atomic E-state index is 0.0163. The molecule has 104 valence electrons. The highest BCUT2D eigenvalue weighted by atomic mass is 127. The summed E-state index contributed by atoms with van der Waals surface area (Å²) in [4.78, 5) is 22.4. The van der Waals surface area contributed by atoms with Gasteiger partial charge in [-0.1, -0.05) is 17.3 Å². The van der Waals surface area contributed by atoms with Crippen LogP contribution in [0.1, 0.15) is 5.69 Å². The Balaban J connectivity index is 1.96. The highest BCUT2D eigenvalue weighted by Gasteiger charge is 2.09. The Labute approximate surface area is 128 Å². The van der Waals surface area contributed by atoms with Gasteiger partial charge >= 0.3 is 5.97 Å². The molecule has 20 heavy (non-hydrogen) atoms. The van der Waals surface area contributed by atoms with E-state index >= 15 is 0 Å². The molecule has 8 heteroatoms. The summed E-state index contributed by atoms with van der Waals surface area (Å²) in [5.41, 5.74) is 1.04. The monoisotopic (exact) mass is 386 g/mol. The van der Waals surface area contributed by atoms with Crippen LogP contribution in [-0.2, 0) is 22.6 Å². The number of carboxylic acid groups (broad SMARTS) is 1. The smallest absolute Gasteiger partial charge is 0.309 e. The molecule has 0 fully saturated rings. The van der Waals surface area contributed by atoms with E-state index in [2.05, 4.69) is 38.2 Å². The standard InChI is InChI=1S/C12H11IN4O3/c13-9-3-1-2-4-10(9)14-11(18)7-17-6-8(15-16-17)5-12(19)20/h1-4,6H,5,7H2,(H,14,18)(H,19,20). The van der Waals surface area contributed by atoms with Crippen molar-refractivity contribution in [3.8, 4) is 0 Å². The number of halogens is 1. The number of rotatable bonds is 5. The lowest BCUT2D eigenvalue weighted by Crippen LogP contribution is -2.19. The Morgan fingerprint density at radius 2 is 2.10 bits per heavy atom. The maximum Gasteiger partial charge on any atom is 0.309 e. The summed E-state index contributed by atoms with van der Waals surface area (Å²) < 4.78 is 2.24. The maximum absolute atomic E-state index is 11.8. The molecule has 0 bridgehead atoms. The lowest BCUT2D eigenvalue weighted by atomic mass is 10.3. The van der Waals surface area contributed by atoms with E-state index in [-0.39, 0.29) is 18.9 Å². The van der Waals surface area contributed by atoms with Crippen LogP contribution in [0.2, 0.25) is 0 Å².